The number of halogens is 1. The number of furan rings is 2. The van der Waals surface area contributed by atoms with Crippen molar-refractivity contribution >= 4 is 115 Å². The Kier molecular flexibility index (Phi) is 15.8. The van der Waals surface area contributed by atoms with Crippen LogP contribution in [0.25, 0.3) is 166 Å². The lowest BCUT2D eigenvalue weighted by Crippen LogP contribution is -2.41. The fourth-order valence-electron chi connectivity index (χ4n) is 13.1. The molecule has 12 heteroatoms. The second-order valence-electron chi connectivity index (χ2n) is 26.2. The Morgan fingerprint density at radius 1 is 0.250 bits per heavy atom. The molecule has 0 amide bonds. The minimum Gasteiger partial charge on any atom is -0.456 e. The van der Waals surface area contributed by atoms with Crippen LogP contribution in [-0.4, -0.2) is 48.2 Å². The van der Waals surface area contributed by atoms with E-state index in [4.69, 9.17) is 48.0 Å². The molecule has 100 heavy (non-hydrogen) atoms. The van der Waals surface area contributed by atoms with Gasteiger partial charge in [0.1, 0.15) is 22.3 Å². The van der Waals surface area contributed by atoms with Crippen LogP contribution >= 0.6 is 15.9 Å². The van der Waals surface area contributed by atoms with E-state index >= 15 is 0 Å². The van der Waals surface area contributed by atoms with Crippen LogP contribution in [0.2, 0.25) is 0 Å². The lowest BCUT2D eigenvalue weighted by atomic mass is 9.78. The van der Waals surface area contributed by atoms with Crippen molar-refractivity contribution in [3.05, 3.63) is 308 Å². The van der Waals surface area contributed by atoms with Crippen LogP contribution in [0.15, 0.2) is 317 Å². The number of benzene rings is 14. The third-order valence-corrected chi connectivity index (χ3v) is 19.6. The molecule has 1 aliphatic rings. The zero-order chi connectivity index (χ0) is 67.5. The van der Waals surface area contributed by atoms with Gasteiger partial charge in [-0.3, -0.25) is 0 Å². The number of aromatic nitrogens is 6. The van der Waals surface area contributed by atoms with Gasteiger partial charge in [0.25, 0.3) is 0 Å². The molecule has 4 aromatic heterocycles. The summed E-state index contributed by atoms with van der Waals surface area (Å²) in [5.41, 5.74) is 12.0. The van der Waals surface area contributed by atoms with Crippen molar-refractivity contribution in [1.82, 2.24) is 29.9 Å². The van der Waals surface area contributed by atoms with Crippen LogP contribution < -0.4 is 5.46 Å². The first-order valence-electron chi connectivity index (χ1n) is 33.4. The third kappa shape index (κ3) is 12.1. The second kappa shape index (κ2) is 25.6. The minimum atomic E-state index is -0.346. The molecule has 19 rings (SSSR count). The first kappa shape index (κ1) is 61.8. The molecule has 0 bridgehead atoms. The van der Waals surface area contributed by atoms with Crippen molar-refractivity contribution in [2.24, 2.45) is 0 Å². The van der Waals surface area contributed by atoms with E-state index in [1.807, 2.05) is 127 Å². The molecular formula is C88H62BBrN6O4. The van der Waals surface area contributed by atoms with Crippen molar-refractivity contribution in [2.45, 2.75) is 38.9 Å². The van der Waals surface area contributed by atoms with Crippen LogP contribution in [0, 0.1) is 0 Å². The van der Waals surface area contributed by atoms with Gasteiger partial charge in [-0.2, -0.15) is 0 Å². The van der Waals surface area contributed by atoms with Gasteiger partial charge in [-0.05, 0) is 160 Å². The van der Waals surface area contributed by atoms with Crippen LogP contribution in [0.4, 0.5) is 0 Å². The summed E-state index contributed by atoms with van der Waals surface area (Å²) in [7, 11) is -0.346. The highest BCUT2D eigenvalue weighted by Crippen LogP contribution is 2.40. The van der Waals surface area contributed by atoms with Crippen molar-refractivity contribution in [2.75, 3.05) is 0 Å². The summed E-state index contributed by atoms with van der Waals surface area (Å²) in [6.07, 6.45) is 0. The summed E-state index contributed by atoms with van der Waals surface area (Å²) < 4.78 is 25.5. The molecule has 18 aromatic rings. The first-order valence-corrected chi connectivity index (χ1v) is 34.2. The van der Waals surface area contributed by atoms with E-state index in [9.17, 15) is 0 Å². The highest BCUT2D eigenvalue weighted by Gasteiger charge is 2.51. The van der Waals surface area contributed by atoms with Gasteiger partial charge < -0.3 is 18.1 Å². The molecule has 478 valence electrons. The summed E-state index contributed by atoms with van der Waals surface area (Å²) >= 11 is 3.54. The van der Waals surface area contributed by atoms with E-state index < -0.39 is 0 Å². The van der Waals surface area contributed by atoms with E-state index in [-0.39, 0.29) is 18.3 Å². The monoisotopic (exact) mass is 1360 g/mol. The zero-order valence-electron chi connectivity index (χ0n) is 55.1. The Morgan fingerprint density at radius 3 is 1.11 bits per heavy atom. The summed E-state index contributed by atoms with van der Waals surface area (Å²) in [6.45, 7) is 8.31. The Hall–Kier alpha value is -11.8. The van der Waals surface area contributed by atoms with Gasteiger partial charge in [0.05, 0.1) is 11.2 Å². The van der Waals surface area contributed by atoms with E-state index in [0.29, 0.717) is 34.9 Å². The molecule has 1 aliphatic heterocycles. The topological polar surface area (TPSA) is 122 Å². The molecule has 1 fully saturated rings. The Bertz CT molecular complexity index is 6160. The minimum absolute atomic E-state index is 0.336. The normalized spacial score (nSPS) is 13.3. The summed E-state index contributed by atoms with van der Waals surface area (Å²) in [4.78, 5) is 29.3. The van der Waals surface area contributed by atoms with Crippen molar-refractivity contribution in [1.29, 1.82) is 0 Å². The van der Waals surface area contributed by atoms with Crippen molar-refractivity contribution in [3.63, 3.8) is 0 Å². The maximum absolute atomic E-state index is 6.20. The number of rotatable bonds is 8. The molecule has 0 aliphatic carbocycles. The van der Waals surface area contributed by atoms with Crippen molar-refractivity contribution < 1.29 is 18.1 Å². The average molecular weight is 1360 g/mol. The predicted molar refractivity (Wildman–Crippen MR) is 412 cm³/mol. The number of hydrogen-bond acceptors (Lipinski definition) is 10. The summed E-state index contributed by atoms with van der Waals surface area (Å²) in [6, 6.07) is 104. The SMILES string of the molecule is Brc1cccc(-c2nc(-c3ccccc3)nc(-c3ccc4ccccc4c3)n2)c1.CC1(C)OB(c2ccc3cc4oc5ccccc5c4cc3c2)OC1(C)C.c1ccc(-c2nc(-c3cccc(-c4ccc5cc6oc7ccccc7c6cc5c4)c3)nc(-c3ccc4ccccc4c3)n2)cc1. The van der Waals surface area contributed by atoms with Gasteiger partial charge in [-0.25, -0.2) is 29.9 Å². The highest BCUT2D eigenvalue weighted by atomic mass is 79.9. The number of para-hydroxylation sites is 2. The van der Waals surface area contributed by atoms with E-state index in [0.717, 1.165) is 125 Å². The summed E-state index contributed by atoms with van der Waals surface area (Å²) in [5, 5.41) is 13.9. The molecule has 0 saturated carbocycles. The zero-order valence-corrected chi connectivity index (χ0v) is 56.7. The van der Waals surface area contributed by atoms with E-state index in [1.54, 1.807) is 0 Å². The molecule has 1 saturated heterocycles. The average Bonchev–Trinajstić information content (AvgIpc) is 1.58. The number of hydrogen-bond donors (Lipinski definition) is 0. The number of fused-ring (bicyclic) bond motifs is 10. The largest absolute Gasteiger partial charge is 0.494 e. The van der Waals surface area contributed by atoms with Crippen LogP contribution in [0.5, 0.6) is 0 Å². The molecule has 5 heterocycles. The number of nitrogens with zero attached hydrogens (tertiary/aromatic N) is 6. The molecule has 0 unspecified atom stereocenters. The molecule has 0 radical (unpaired) electrons. The Morgan fingerprint density at radius 2 is 0.600 bits per heavy atom. The lowest BCUT2D eigenvalue weighted by molar-refractivity contribution is 0.00578. The first-order chi connectivity index (χ1) is 48.8. The standard InChI is InChI=1S/C41H25N3O.C25H16BrN3.C22H21BO3/c1-2-10-27(11-3-1)39-42-40(44-41(43-39)33-20-17-26-9-4-5-12-28(26)21-33)32-14-8-13-29(22-32)30-18-19-31-25-38-36(24-34(31)23-30)35-15-6-7-16-37(35)45-38;26-22-12-6-11-20(16-22)24-27-23(18-8-2-1-3-9-18)28-25(29-24)21-14-13-17-7-4-5-10-19(17)15-21;1-21(2)22(3,4)26-23(25-21)16-10-9-14-13-20-18(12-15(14)11-16)17-7-5-6-8-19(17)24-20/h1-25H;1-16H;5-13H,1-4H3. The highest BCUT2D eigenvalue weighted by molar-refractivity contribution is 9.10. The van der Waals surface area contributed by atoms with Crippen LogP contribution in [0.3, 0.4) is 0 Å². The lowest BCUT2D eigenvalue weighted by Gasteiger charge is -2.32. The van der Waals surface area contributed by atoms with E-state index in [1.165, 1.54) is 16.2 Å². The van der Waals surface area contributed by atoms with Gasteiger partial charge in [-0.1, -0.05) is 246 Å². The fourth-order valence-corrected chi connectivity index (χ4v) is 13.5. The molecule has 0 N–H and O–H groups in total. The fraction of sp³-hybridized carbons (Fsp3) is 0.0682. The predicted octanol–water partition coefficient (Wildman–Crippen LogP) is 22.6. The second-order valence-corrected chi connectivity index (χ2v) is 27.1. The Balaban J connectivity index is 0.000000118. The van der Waals surface area contributed by atoms with Gasteiger partial charge in [0.2, 0.25) is 0 Å². The summed E-state index contributed by atoms with van der Waals surface area (Å²) in [5.74, 6) is 3.93. The van der Waals surface area contributed by atoms with Gasteiger partial charge in [0.15, 0.2) is 34.9 Å². The van der Waals surface area contributed by atoms with Gasteiger partial charge in [0, 0.05) is 59.4 Å². The smallest absolute Gasteiger partial charge is 0.456 e. The molecule has 10 nitrogen and oxygen atoms in total. The van der Waals surface area contributed by atoms with Crippen LogP contribution in [-0.2, 0) is 9.31 Å². The third-order valence-electron chi connectivity index (χ3n) is 19.1. The molecule has 0 atom stereocenters. The van der Waals surface area contributed by atoms with Crippen molar-refractivity contribution in [3.8, 4) is 79.5 Å². The van der Waals surface area contributed by atoms with Crippen LogP contribution in [0.1, 0.15) is 27.7 Å². The molecule has 14 aromatic carbocycles. The quantitative estimate of drug-likeness (QED) is 0.136. The molecular weight excluding hydrogens is 1300 g/mol. The maximum Gasteiger partial charge on any atom is 0.494 e. The van der Waals surface area contributed by atoms with Gasteiger partial charge in [-0.15, -0.1) is 0 Å². The molecule has 0 spiro atoms. The van der Waals surface area contributed by atoms with Gasteiger partial charge >= 0.3 is 7.12 Å². The van der Waals surface area contributed by atoms with E-state index in [2.05, 4.69) is 220 Å². The maximum atomic E-state index is 6.20. The Labute approximate surface area is 585 Å².